The van der Waals surface area contributed by atoms with Gasteiger partial charge in [-0.05, 0) is 28.8 Å². The third-order valence-corrected chi connectivity index (χ3v) is 5.28. The van der Waals surface area contributed by atoms with Crippen molar-refractivity contribution in [2.24, 2.45) is 0 Å². The van der Waals surface area contributed by atoms with E-state index in [0.29, 0.717) is 37.1 Å². The average molecular weight is 445 g/mol. The first kappa shape index (κ1) is 21.8. The number of rotatable bonds is 10. The van der Waals surface area contributed by atoms with Crippen LogP contribution < -0.4 is 14.2 Å². The topological polar surface area (TPSA) is 27.7 Å². The number of halogens is 1. The summed E-state index contributed by atoms with van der Waals surface area (Å²) in [6.45, 7) is 1.30. The summed E-state index contributed by atoms with van der Waals surface area (Å²) >= 11 is 6.37. The fourth-order valence-electron chi connectivity index (χ4n) is 3.32. The molecule has 0 atom stereocenters. The molecule has 162 valence electrons. The highest BCUT2D eigenvalue weighted by Gasteiger charge is 2.17. The Morgan fingerprint density at radius 1 is 0.469 bits per heavy atom. The molecule has 0 saturated carbocycles. The lowest BCUT2D eigenvalue weighted by Gasteiger charge is -2.19. The highest BCUT2D eigenvalue weighted by atomic mass is 35.5. The summed E-state index contributed by atoms with van der Waals surface area (Å²) in [5.41, 5.74) is 4.02. The molecule has 0 aromatic heterocycles. The number of benzene rings is 4. The van der Waals surface area contributed by atoms with E-state index >= 15 is 0 Å². The zero-order valence-corrected chi connectivity index (χ0v) is 18.5. The molecule has 0 aliphatic rings. The Hall–Kier alpha value is -3.43. The summed E-state index contributed by atoms with van der Waals surface area (Å²) in [7, 11) is 0. The van der Waals surface area contributed by atoms with E-state index in [1.165, 1.54) is 0 Å². The van der Waals surface area contributed by atoms with E-state index in [1.54, 1.807) is 0 Å². The van der Waals surface area contributed by atoms with Crippen LogP contribution in [-0.2, 0) is 25.7 Å². The Labute approximate surface area is 194 Å². The van der Waals surface area contributed by atoms with Crippen LogP contribution in [0.25, 0.3) is 0 Å². The van der Waals surface area contributed by atoms with Crippen LogP contribution in [0, 0.1) is 0 Å². The molecule has 0 aliphatic heterocycles. The normalized spacial score (nSPS) is 10.5. The largest absolute Gasteiger partial charge is 0.488 e. The quantitative estimate of drug-likeness (QED) is 0.243. The number of hydrogen-bond acceptors (Lipinski definition) is 3. The second kappa shape index (κ2) is 11.3. The van der Waals surface area contributed by atoms with Crippen molar-refractivity contribution in [3.05, 3.63) is 125 Å². The van der Waals surface area contributed by atoms with E-state index < -0.39 is 0 Å². The first-order valence-corrected chi connectivity index (χ1v) is 11.1. The highest BCUT2D eigenvalue weighted by molar-refractivity contribution is 6.17. The Kier molecular flexibility index (Phi) is 7.67. The summed E-state index contributed by atoms with van der Waals surface area (Å²) in [4.78, 5) is 0. The van der Waals surface area contributed by atoms with Gasteiger partial charge < -0.3 is 14.2 Å². The van der Waals surface area contributed by atoms with Crippen LogP contribution in [-0.4, -0.2) is 0 Å². The van der Waals surface area contributed by atoms with E-state index in [1.807, 2.05) is 103 Å². The zero-order chi connectivity index (χ0) is 22.0. The van der Waals surface area contributed by atoms with Gasteiger partial charge >= 0.3 is 0 Å². The van der Waals surface area contributed by atoms with Crippen molar-refractivity contribution in [2.45, 2.75) is 25.7 Å². The third kappa shape index (κ3) is 5.83. The summed E-state index contributed by atoms with van der Waals surface area (Å²) in [5, 5.41) is 0. The minimum atomic E-state index is 0.247. The standard InChI is InChI=1S/C28H25ClO3/c29-18-25-26(30-19-22-10-4-1-5-11-22)16-17-27(31-20-23-12-6-2-7-13-23)28(25)32-21-24-14-8-3-9-15-24/h1-17H,18-21H2. The number of hydrogen-bond donors (Lipinski definition) is 0. The molecule has 3 nitrogen and oxygen atoms in total. The smallest absolute Gasteiger partial charge is 0.169 e. The summed E-state index contributed by atoms with van der Waals surface area (Å²) in [6.07, 6.45) is 0. The van der Waals surface area contributed by atoms with Gasteiger partial charge in [0.05, 0.1) is 11.4 Å². The Bertz CT molecular complexity index is 1100. The lowest BCUT2D eigenvalue weighted by molar-refractivity contribution is 0.248. The first-order valence-electron chi connectivity index (χ1n) is 10.6. The molecule has 4 rings (SSSR count). The fraction of sp³-hybridized carbons (Fsp3) is 0.143. The molecule has 0 heterocycles. The van der Waals surface area contributed by atoms with Gasteiger partial charge in [0.15, 0.2) is 11.5 Å². The number of ether oxygens (including phenoxy) is 3. The maximum absolute atomic E-state index is 6.37. The van der Waals surface area contributed by atoms with Gasteiger partial charge in [-0.3, -0.25) is 0 Å². The Balaban J connectivity index is 1.58. The van der Waals surface area contributed by atoms with Crippen molar-refractivity contribution in [3.8, 4) is 17.2 Å². The van der Waals surface area contributed by atoms with E-state index in [2.05, 4.69) is 0 Å². The Morgan fingerprint density at radius 3 is 1.34 bits per heavy atom. The summed E-state index contributed by atoms with van der Waals surface area (Å²) in [5.74, 6) is 2.20. The molecule has 32 heavy (non-hydrogen) atoms. The van der Waals surface area contributed by atoms with Crippen LogP contribution in [0.3, 0.4) is 0 Å². The summed E-state index contributed by atoms with van der Waals surface area (Å²) < 4.78 is 18.5. The van der Waals surface area contributed by atoms with Gasteiger partial charge in [-0.25, -0.2) is 0 Å². The van der Waals surface area contributed by atoms with Gasteiger partial charge in [-0.15, -0.1) is 11.6 Å². The van der Waals surface area contributed by atoms with E-state index in [-0.39, 0.29) is 5.88 Å². The molecule has 0 N–H and O–H groups in total. The van der Waals surface area contributed by atoms with Gasteiger partial charge in [0.25, 0.3) is 0 Å². The van der Waals surface area contributed by atoms with Crippen molar-refractivity contribution in [1.29, 1.82) is 0 Å². The maximum Gasteiger partial charge on any atom is 0.169 e. The Morgan fingerprint density at radius 2 is 0.875 bits per heavy atom. The minimum absolute atomic E-state index is 0.247. The monoisotopic (exact) mass is 444 g/mol. The lowest BCUT2D eigenvalue weighted by Crippen LogP contribution is -2.05. The average Bonchev–Trinajstić information content (AvgIpc) is 2.87. The van der Waals surface area contributed by atoms with Crippen LogP contribution in [0.4, 0.5) is 0 Å². The lowest BCUT2D eigenvalue weighted by atomic mass is 10.1. The molecule has 0 saturated heterocycles. The molecule has 0 unspecified atom stereocenters. The molecule has 0 spiro atoms. The fourth-order valence-corrected chi connectivity index (χ4v) is 3.58. The van der Waals surface area contributed by atoms with E-state index in [9.17, 15) is 0 Å². The number of alkyl halides is 1. The van der Waals surface area contributed by atoms with Crippen LogP contribution >= 0.6 is 11.6 Å². The second-order valence-electron chi connectivity index (χ2n) is 7.33. The van der Waals surface area contributed by atoms with Gasteiger partial charge in [0.2, 0.25) is 0 Å². The molecule has 0 aliphatic carbocycles. The highest BCUT2D eigenvalue weighted by Crippen LogP contribution is 2.40. The minimum Gasteiger partial charge on any atom is -0.488 e. The van der Waals surface area contributed by atoms with Crippen molar-refractivity contribution >= 4 is 11.6 Å². The van der Waals surface area contributed by atoms with Gasteiger partial charge in [0, 0.05) is 0 Å². The molecule has 4 aromatic rings. The molecular formula is C28H25ClO3. The molecular weight excluding hydrogens is 420 g/mol. The predicted molar refractivity (Wildman–Crippen MR) is 128 cm³/mol. The van der Waals surface area contributed by atoms with Crippen molar-refractivity contribution in [1.82, 2.24) is 0 Å². The van der Waals surface area contributed by atoms with Gasteiger partial charge in [-0.2, -0.15) is 0 Å². The molecule has 0 fully saturated rings. The van der Waals surface area contributed by atoms with Gasteiger partial charge in [-0.1, -0.05) is 91.0 Å². The predicted octanol–water partition coefficient (Wildman–Crippen LogP) is 7.16. The molecule has 0 amide bonds. The van der Waals surface area contributed by atoms with Gasteiger partial charge in [0.1, 0.15) is 25.6 Å². The SMILES string of the molecule is ClCc1c(OCc2ccccc2)ccc(OCc2ccccc2)c1OCc1ccccc1. The van der Waals surface area contributed by atoms with Crippen LogP contribution in [0.1, 0.15) is 22.3 Å². The van der Waals surface area contributed by atoms with Crippen molar-refractivity contribution in [3.63, 3.8) is 0 Å². The van der Waals surface area contributed by atoms with E-state index in [4.69, 9.17) is 25.8 Å². The van der Waals surface area contributed by atoms with Crippen LogP contribution in [0.15, 0.2) is 103 Å². The molecule has 0 radical (unpaired) electrons. The second-order valence-corrected chi connectivity index (χ2v) is 7.59. The molecule has 4 heteroatoms. The molecule has 0 bridgehead atoms. The van der Waals surface area contributed by atoms with Crippen LogP contribution in [0.2, 0.25) is 0 Å². The molecule has 4 aromatic carbocycles. The summed E-state index contributed by atoms with van der Waals surface area (Å²) in [6, 6.07) is 33.9. The maximum atomic E-state index is 6.37. The van der Waals surface area contributed by atoms with E-state index in [0.717, 1.165) is 22.3 Å². The van der Waals surface area contributed by atoms with Crippen LogP contribution in [0.5, 0.6) is 17.2 Å². The third-order valence-electron chi connectivity index (χ3n) is 5.02. The van der Waals surface area contributed by atoms with Crippen molar-refractivity contribution in [2.75, 3.05) is 0 Å². The van der Waals surface area contributed by atoms with Crippen molar-refractivity contribution < 1.29 is 14.2 Å². The first-order chi connectivity index (χ1) is 15.8. The zero-order valence-electron chi connectivity index (χ0n) is 17.7.